The van der Waals surface area contributed by atoms with Crippen LogP contribution in [-0.4, -0.2) is 80.6 Å². The molecule has 2 aliphatic rings. The van der Waals surface area contributed by atoms with Gasteiger partial charge in [-0.25, -0.2) is 15.0 Å². The van der Waals surface area contributed by atoms with Gasteiger partial charge in [0.25, 0.3) is 0 Å². The Morgan fingerprint density at radius 2 is 1.96 bits per heavy atom. The monoisotopic (exact) mass is 388 g/mol. The molecule has 0 radical (unpaired) electrons. The number of anilines is 1. The molecule has 2 unspecified atom stereocenters. The van der Waals surface area contributed by atoms with Gasteiger partial charge in [0.05, 0.1) is 19.5 Å². The van der Waals surface area contributed by atoms with Crippen LogP contribution in [0, 0.1) is 11.3 Å². The highest BCUT2D eigenvalue weighted by atomic mass is 16.3. The maximum atomic E-state index is 9.57. The lowest BCUT2D eigenvalue weighted by Crippen LogP contribution is -2.49. The lowest BCUT2D eigenvalue weighted by Gasteiger charge is -2.45. The minimum Gasteiger partial charge on any atom is -0.396 e. The Morgan fingerprint density at radius 1 is 1.21 bits per heavy atom. The fourth-order valence-electron chi connectivity index (χ4n) is 5.05. The minimum absolute atomic E-state index is 0.0178. The molecule has 0 aromatic carbocycles. The highest BCUT2D eigenvalue weighted by Crippen LogP contribution is 2.48. The van der Waals surface area contributed by atoms with Crippen LogP contribution in [0.1, 0.15) is 39.2 Å². The third kappa shape index (κ3) is 3.17. The fraction of sp³-hybridized carbons (Fsp3) is 0.750. The largest absolute Gasteiger partial charge is 0.396 e. The lowest BCUT2D eigenvalue weighted by molar-refractivity contribution is -0.0421. The van der Waals surface area contributed by atoms with Crippen LogP contribution in [0.25, 0.3) is 11.2 Å². The molecule has 1 saturated heterocycles. The summed E-state index contributed by atoms with van der Waals surface area (Å²) >= 11 is 0. The lowest BCUT2D eigenvalue weighted by atomic mass is 9.66. The van der Waals surface area contributed by atoms with Gasteiger partial charge < -0.3 is 24.6 Å². The second-order valence-electron chi connectivity index (χ2n) is 8.74. The molecule has 2 aromatic rings. The highest BCUT2D eigenvalue weighted by molar-refractivity contribution is 5.83. The van der Waals surface area contributed by atoms with Crippen molar-refractivity contribution in [3.05, 3.63) is 12.7 Å². The number of aromatic nitrogens is 4. The van der Waals surface area contributed by atoms with E-state index in [1.54, 1.807) is 6.33 Å². The Balaban J connectivity index is 1.57. The number of hydrogen-bond acceptors (Lipinski definition) is 7. The SMILES string of the molecule is CCN1CCC(N(C)c2ncnc3c2ncn3C2CC(CO)(CO)C2)C(C)C1. The topological polar surface area (TPSA) is 90.5 Å². The van der Waals surface area contributed by atoms with Crippen LogP contribution >= 0.6 is 0 Å². The zero-order chi connectivity index (χ0) is 19.9. The van der Waals surface area contributed by atoms with Crippen molar-refractivity contribution in [1.82, 2.24) is 24.4 Å². The maximum Gasteiger partial charge on any atom is 0.165 e. The van der Waals surface area contributed by atoms with Crippen LogP contribution in [-0.2, 0) is 0 Å². The summed E-state index contributed by atoms with van der Waals surface area (Å²) in [6, 6.07) is 0.648. The molecule has 1 aliphatic heterocycles. The van der Waals surface area contributed by atoms with Crippen LogP contribution < -0.4 is 4.90 Å². The van der Waals surface area contributed by atoms with E-state index in [0.29, 0.717) is 12.0 Å². The summed E-state index contributed by atoms with van der Waals surface area (Å²) in [5.74, 6) is 1.45. The number of nitrogens with zero attached hydrogens (tertiary/aromatic N) is 6. The van der Waals surface area contributed by atoms with Gasteiger partial charge in [-0.1, -0.05) is 13.8 Å². The van der Waals surface area contributed by atoms with Crippen LogP contribution in [0.5, 0.6) is 0 Å². The number of hydrogen-bond donors (Lipinski definition) is 2. The molecule has 4 rings (SSSR count). The van der Waals surface area contributed by atoms with Crippen LogP contribution in [0.2, 0.25) is 0 Å². The van der Waals surface area contributed by atoms with Crippen molar-refractivity contribution in [2.75, 3.05) is 44.8 Å². The van der Waals surface area contributed by atoms with E-state index < -0.39 is 0 Å². The van der Waals surface area contributed by atoms with Crippen molar-refractivity contribution >= 4 is 17.0 Å². The Kier molecular flexibility index (Phi) is 5.28. The minimum atomic E-state index is -0.364. The van der Waals surface area contributed by atoms with Crippen molar-refractivity contribution in [1.29, 1.82) is 0 Å². The summed E-state index contributed by atoms with van der Waals surface area (Å²) in [7, 11) is 2.12. The number of piperidine rings is 1. The molecule has 0 spiro atoms. The van der Waals surface area contributed by atoms with E-state index >= 15 is 0 Å². The number of likely N-dealkylation sites (tertiary alicyclic amines) is 1. The van der Waals surface area contributed by atoms with Gasteiger partial charge in [0.2, 0.25) is 0 Å². The summed E-state index contributed by atoms with van der Waals surface area (Å²) in [5, 5.41) is 19.1. The van der Waals surface area contributed by atoms with E-state index in [1.165, 1.54) is 0 Å². The molecule has 28 heavy (non-hydrogen) atoms. The van der Waals surface area contributed by atoms with E-state index in [4.69, 9.17) is 0 Å². The maximum absolute atomic E-state index is 9.57. The predicted octanol–water partition coefficient (Wildman–Crippen LogP) is 1.30. The van der Waals surface area contributed by atoms with Gasteiger partial charge in [0, 0.05) is 37.6 Å². The van der Waals surface area contributed by atoms with E-state index in [2.05, 4.69) is 50.2 Å². The molecule has 0 bridgehead atoms. The first-order valence-electron chi connectivity index (χ1n) is 10.4. The molecule has 1 saturated carbocycles. The number of rotatable bonds is 6. The van der Waals surface area contributed by atoms with Gasteiger partial charge in [-0.15, -0.1) is 0 Å². The van der Waals surface area contributed by atoms with Gasteiger partial charge in [0.15, 0.2) is 17.0 Å². The van der Waals surface area contributed by atoms with E-state index in [1.807, 2.05) is 6.33 Å². The van der Waals surface area contributed by atoms with Crippen LogP contribution in [0.15, 0.2) is 12.7 Å². The van der Waals surface area contributed by atoms with Gasteiger partial charge >= 0.3 is 0 Å². The molecule has 1 aliphatic carbocycles. The normalized spacial score (nSPS) is 25.8. The zero-order valence-corrected chi connectivity index (χ0v) is 17.1. The van der Waals surface area contributed by atoms with Crippen molar-refractivity contribution in [3.63, 3.8) is 0 Å². The van der Waals surface area contributed by atoms with Crippen molar-refractivity contribution in [2.45, 2.75) is 45.2 Å². The quantitative estimate of drug-likeness (QED) is 0.771. The smallest absolute Gasteiger partial charge is 0.165 e. The number of aliphatic hydroxyl groups is 2. The van der Waals surface area contributed by atoms with E-state index in [9.17, 15) is 10.2 Å². The molecular weight excluding hydrogens is 356 g/mol. The first-order valence-corrected chi connectivity index (χ1v) is 10.4. The van der Waals surface area contributed by atoms with Gasteiger partial charge in [0.1, 0.15) is 6.33 Å². The molecule has 2 aromatic heterocycles. The van der Waals surface area contributed by atoms with Crippen molar-refractivity contribution < 1.29 is 10.2 Å². The summed E-state index contributed by atoms with van der Waals surface area (Å²) < 4.78 is 2.08. The molecule has 2 fully saturated rings. The van der Waals surface area contributed by atoms with E-state index in [0.717, 1.165) is 55.9 Å². The molecule has 154 valence electrons. The van der Waals surface area contributed by atoms with Crippen molar-refractivity contribution in [2.24, 2.45) is 11.3 Å². The summed E-state index contributed by atoms with van der Waals surface area (Å²) in [4.78, 5) is 18.5. The second-order valence-corrected chi connectivity index (χ2v) is 8.74. The second kappa shape index (κ2) is 7.57. The third-order valence-electron chi connectivity index (χ3n) is 6.96. The Labute approximate surface area is 166 Å². The molecule has 2 atom stereocenters. The Bertz CT molecular complexity index is 812. The van der Waals surface area contributed by atoms with Gasteiger partial charge in [-0.3, -0.25) is 0 Å². The predicted molar refractivity (Wildman–Crippen MR) is 108 cm³/mol. The molecular formula is C20H32N6O2. The molecule has 2 N–H and O–H groups in total. The third-order valence-corrected chi connectivity index (χ3v) is 6.96. The fourth-order valence-corrected chi connectivity index (χ4v) is 5.05. The molecule has 0 amide bonds. The zero-order valence-electron chi connectivity index (χ0n) is 17.1. The molecule has 8 nitrogen and oxygen atoms in total. The molecule has 3 heterocycles. The van der Waals surface area contributed by atoms with Crippen LogP contribution in [0.4, 0.5) is 5.82 Å². The highest BCUT2D eigenvalue weighted by Gasteiger charge is 2.45. The average molecular weight is 389 g/mol. The first kappa shape index (κ1) is 19.5. The summed E-state index contributed by atoms with van der Waals surface area (Å²) in [5.41, 5.74) is 1.31. The molecule has 8 heteroatoms. The Morgan fingerprint density at radius 3 is 2.61 bits per heavy atom. The Hall–Kier alpha value is -1.77. The first-order chi connectivity index (χ1) is 13.5. The summed E-state index contributed by atoms with van der Waals surface area (Å²) in [6.07, 6.45) is 6.07. The number of imidazole rings is 1. The number of fused-ring (bicyclic) bond motifs is 1. The van der Waals surface area contributed by atoms with Crippen molar-refractivity contribution in [3.8, 4) is 0 Å². The number of aliphatic hydroxyl groups excluding tert-OH is 2. The van der Waals surface area contributed by atoms with E-state index in [-0.39, 0.29) is 24.7 Å². The van der Waals surface area contributed by atoms with Gasteiger partial charge in [-0.05, 0) is 31.7 Å². The summed E-state index contributed by atoms with van der Waals surface area (Å²) in [6.45, 7) is 7.91. The van der Waals surface area contributed by atoms with Gasteiger partial charge in [-0.2, -0.15) is 0 Å². The standard InChI is InChI=1S/C20H32N6O2/c1-4-25-6-5-16(14(2)9-25)24(3)18-17-19(22-12-21-18)26(13-23-17)15-7-20(8-15,10-27)11-28/h12-16,27-28H,4-11H2,1-3H3. The average Bonchev–Trinajstić information content (AvgIpc) is 3.11. The van der Waals surface area contributed by atoms with Crippen LogP contribution in [0.3, 0.4) is 0 Å².